The van der Waals surface area contributed by atoms with Crippen LogP contribution < -0.4 is 5.73 Å². The molecular formula is C13H9ClFNO. The van der Waals surface area contributed by atoms with Crippen molar-refractivity contribution in [2.75, 3.05) is 0 Å². The molecule has 2 aromatic carbocycles. The van der Waals surface area contributed by atoms with Crippen LogP contribution in [0.15, 0.2) is 42.5 Å². The number of carbonyl (C=O) groups excluding carboxylic acids is 1. The summed E-state index contributed by atoms with van der Waals surface area (Å²) >= 11 is 5.93. The van der Waals surface area contributed by atoms with E-state index in [1.165, 1.54) is 12.1 Å². The van der Waals surface area contributed by atoms with Gasteiger partial charge < -0.3 is 5.73 Å². The van der Waals surface area contributed by atoms with Crippen LogP contribution in [0.4, 0.5) is 4.39 Å². The highest BCUT2D eigenvalue weighted by molar-refractivity contribution is 6.34. The molecule has 0 spiro atoms. The Morgan fingerprint density at radius 3 is 2.18 bits per heavy atom. The van der Waals surface area contributed by atoms with Gasteiger partial charge in [-0.2, -0.15) is 0 Å². The number of primary amides is 1. The Balaban J connectivity index is 2.44. The van der Waals surface area contributed by atoms with Crippen LogP contribution in [-0.2, 0) is 0 Å². The van der Waals surface area contributed by atoms with E-state index in [1.807, 2.05) is 0 Å². The summed E-state index contributed by atoms with van der Waals surface area (Å²) < 4.78 is 12.8. The van der Waals surface area contributed by atoms with E-state index < -0.39 is 5.91 Å². The van der Waals surface area contributed by atoms with Crippen molar-refractivity contribution in [3.05, 3.63) is 58.9 Å². The Bertz CT molecular complexity index is 566. The predicted molar refractivity (Wildman–Crippen MR) is 65.4 cm³/mol. The maximum Gasteiger partial charge on any atom is 0.250 e. The first kappa shape index (κ1) is 11.6. The molecule has 2 nitrogen and oxygen atoms in total. The number of benzene rings is 2. The van der Waals surface area contributed by atoms with E-state index in [9.17, 15) is 9.18 Å². The zero-order chi connectivity index (χ0) is 12.4. The maximum atomic E-state index is 12.8. The van der Waals surface area contributed by atoms with E-state index in [1.54, 1.807) is 30.3 Å². The maximum absolute atomic E-state index is 12.8. The quantitative estimate of drug-likeness (QED) is 0.872. The minimum absolute atomic E-state index is 0.275. The molecule has 2 rings (SSSR count). The largest absolute Gasteiger partial charge is 0.366 e. The van der Waals surface area contributed by atoms with Crippen molar-refractivity contribution in [2.24, 2.45) is 5.73 Å². The lowest BCUT2D eigenvalue weighted by atomic mass is 10.0. The molecule has 0 saturated carbocycles. The third kappa shape index (κ3) is 2.45. The molecule has 0 aliphatic heterocycles. The molecule has 17 heavy (non-hydrogen) atoms. The zero-order valence-corrected chi connectivity index (χ0v) is 9.54. The molecule has 0 fully saturated rings. The Morgan fingerprint density at radius 1 is 1.06 bits per heavy atom. The van der Waals surface area contributed by atoms with Crippen LogP contribution in [0.1, 0.15) is 10.4 Å². The molecule has 2 aromatic rings. The van der Waals surface area contributed by atoms with Gasteiger partial charge in [-0.15, -0.1) is 0 Å². The second-order valence-corrected chi connectivity index (χ2v) is 3.97. The molecule has 0 aliphatic carbocycles. The van der Waals surface area contributed by atoms with Crippen molar-refractivity contribution in [1.29, 1.82) is 0 Å². The molecule has 0 saturated heterocycles. The van der Waals surface area contributed by atoms with Gasteiger partial charge >= 0.3 is 0 Å². The number of hydrogen-bond donors (Lipinski definition) is 1. The highest BCUT2D eigenvalue weighted by atomic mass is 35.5. The Morgan fingerprint density at radius 2 is 1.65 bits per heavy atom. The van der Waals surface area contributed by atoms with Crippen LogP contribution in [-0.4, -0.2) is 5.91 Å². The summed E-state index contributed by atoms with van der Waals surface area (Å²) in [5.41, 5.74) is 7.05. The highest BCUT2D eigenvalue weighted by Crippen LogP contribution is 2.25. The van der Waals surface area contributed by atoms with Crippen LogP contribution in [0.5, 0.6) is 0 Å². The number of rotatable bonds is 2. The lowest BCUT2D eigenvalue weighted by molar-refractivity contribution is 0.100. The minimum atomic E-state index is -0.569. The molecule has 0 bridgehead atoms. The van der Waals surface area contributed by atoms with Crippen LogP contribution >= 0.6 is 11.6 Å². The van der Waals surface area contributed by atoms with Gasteiger partial charge in [-0.25, -0.2) is 4.39 Å². The SMILES string of the molecule is NC(=O)c1ccc(-c2ccc(F)cc2)cc1Cl. The molecule has 0 unspecified atom stereocenters. The normalized spacial score (nSPS) is 10.2. The van der Waals surface area contributed by atoms with Gasteiger partial charge in [-0.05, 0) is 35.4 Å². The summed E-state index contributed by atoms with van der Waals surface area (Å²) in [6.07, 6.45) is 0. The van der Waals surface area contributed by atoms with Gasteiger partial charge in [0.1, 0.15) is 5.82 Å². The van der Waals surface area contributed by atoms with Gasteiger partial charge in [-0.3, -0.25) is 4.79 Å². The topological polar surface area (TPSA) is 43.1 Å². The van der Waals surface area contributed by atoms with Gasteiger partial charge in [0.05, 0.1) is 10.6 Å². The zero-order valence-electron chi connectivity index (χ0n) is 8.78. The molecule has 1 amide bonds. The van der Waals surface area contributed by atoms with Crippen LogP contribution in [0.2, 0.25) is 5.02 Å². The van der Waals surface area contributed by atoms with E-state index in [-0.39, 0.29) is 11.4 Å². The Labute approximate surface area is 103 Å². The standard InChI is InChI=1S/C13H9ClFNO/c14-12-7-9(3-6-11(12)13(16)17)8-1-4-10(15)5-2-8/h1-7H,(H2,16,17). The van der Waals surface area contributed by atoms with E-state index in [0.29, 0.717) is 5.02 Å². The summed E-state index contributed by atoms with van der Waals surface area (Å²) in [5, 5.41) is 0.291. The monoisotopic (exact) mass is 249 g/mol. The number of nitrogens with two attached hydrogens (primary N) is 1. The van der Waals surface area contributed by atoms with E-state index in [4.69, 9.17) is 17.3 Å². The first-order valence-electron chi connectivity index (χ1n) is 4.93. The lowest BCUT2D eigenvalue weighted by Crippen LogP contribution is -2.11. The first-order chi connectivity index (χ1) is 8.08. The van der Waals surface area contributed by atoms with E-state index in [2.05, 4.69) is 0 Å². The molecule has 4 heteroatoms. The fourth-order valence-corrected chi connectivity index (χ4v) is 1.81. The minimum Gasteiger partial charge on any atom is -0.366 e. The molecule has 0 aliphatic rings. The number of halogens is 2. The van der Waals surface area contributed by atoms with Crippen LogP contribution in [0.3, 0.4) is 0 Å². The fourth-order valence-electron chi connectivity index (χ4n) is 1.54. The van der Waals surface area contributed by atoms with Crippen molar-refractivity contribution >= 4 is 17.5 Å². The average molecular weight is 250 g/mol. The fraction of sp³-hybridized carbons (Fsp3) is 0. The lowest BCUT2D eigenvalue weighted by Gasteiger charge is -2.05. The van der Waals surface area contributed by atoms with E-state index in [0.717, 1.165) is 11.1 Å². The van der Waals surface area contributed by atoms with Crippen LogP contribution in [0.25, 0.3) is 11.1 Å². The number of hydrogen-bond acceptors (Lipinski definition) is 1. The number of carbonyl (C=O) groups is 1. The predicted octanol–water partition coefficient (Wildman–Crippen LogP) is 3.25. The Kier molecular flexibility index (Phi) is 3.11. The first-order valence-corrected chi connectivity index (χ1v) is 5.31. The van der Waals surface area contributed by atoms with Crippen molar-refractivity contribution in [2.45, 2.75) is 0 Å². The van der Waals surface area contributed by atoms with Gasteiger partial charge in [0.2, 0.25) is 5.91 Å². The second kappa shape index (κ2) is 4.55. The molecule has 86 valence electrons. The highest BCUT2D eigenvalue weighted by Gasteiger charge is 2.07. The van der Waals surface area contributed by atoms with Gasteiger partial charge in [-0.1, -0.05) is 29.8 Å². The van der Waals surface area contributed by atoms with E-state index >= 15 is 0 Å². The average Bonchev–Trinajstić information content (AvgIpc) is 2.29. The number of amides is 1. The van der Waals surface area contributed by atoms with Crippen molar-refractivity contribution < 1.29 is 9.18 Å². The third-order valence-corrected chi connectivity index (χ3v) is 2.72. The molecule has 0 atom stereocenters. The van der Waals surface area contributed by atoms with Crippen molar-refractivity contribution in [3.8, 4) is 11.1 Å². The molecular weight excluding hydrogens is 241 g/mol. The van der Waals surface area contributed by atoms with Crippen molar-refractivity contribution in [1.82, 2.24) is 0 Å². The molecule has 2 N–H and O–H groups in total. The van der Waals surface area contributed by atoms with Crippen LogP contribution in [0, 0.1) is 5.82 Å². The summed E-state index contributed by atoms with van der Waals surface area (Å²) in [5.74, 6) is -0.866. The summed E-state index contributed by atoms with van der Waals surface area (Å²) in [6.45, 7) is 0. The summed E-state index contributed by atoms with van der Waals surface area (Å²) in [7, 11) is 0. The molecule has 0 aromatic heterocycles. The molecule has 0 radical (unpaired) electrons. The third-order valence-electron chi connectivity index (χ3n) is 2.41. The summed E-state index contributed by atoms with van der Waals surface area (Å²) in [6, 6.07) is 10.9. The Hall–Kier alpha value is -1.87. The van der Waals surface area contributed by atoms with Gasteiger partial charge in [0, 0.05) is 0 Å². The van der Waals surface area contributed by atoms with Crippen molar-refractivity contribution in [3.63, 3.8) is 0 Å². The second-order valence-electron chi connectivity index (χ2n) is 3.57. The summed E-state index contributed by atoms with van der Waals surface area (Å²) in [4.78, 5) is 11.0. The molecule has 0 heterocycles. The van der Waals surface area contributed by atoms with Gasteiger partial charge in [0.15, 0.2) is 0 Å². The van der Waals surface area contributed by atoms with Gasteiger partial charge in [0.25, 0.3) is 0 Å². The smallest absolute Gasteiger partial charge is 0.250 e.